The van der Waals surface area contributed by atoms with Gasteiger partial charge in [0, 0.05) is 10.6 Å². The highest BCUT2D eigenvalue weighted by Gasteiger charge is 2.14. The normalized spacial score (nSPS) is 10.5. The van der Waals surface area contributed by atoms with E-state index in [-0.39, 0.29) is 5.56 Å². The molecule has 0 aromatic heterocycles. The zero-order chi connectivity index (χ0) is 11.7. The molecule has 0 saturated carbocycles. The van der Waals surface area contributed by atoms with E-state index in [1.807, 2.05) is 0 Å². The van der Waals surface area contributed by atoms with Gasteiger partial charge in [-0.3, -0.25) is 0 Å². The van der Waals surface area contributed by atoms with Crippen LogP contribution in [0.5, 0.6) is 0 Å². The van der Waals surface area contributed by atoms with Gasteiger partial charge in [0.1, 0.15) is 0 Å². The third-order valence-corrected chi connectivity index (χ3v) is 2.41. The highest BCUT2D eigenvalue weighted by atomic mass is 35.5. The Bertz CT molecular complexity index is 538. The van der Waals surface area contributed by atoms with Gasteiger partial charge in [-0.2, -0.15) is 0 Å². The van der Waals surface area contributed by atoms with Crippen LogP contribution < -0.4 is 0 Å². The first kappa shape index (κ1) is 11.0. The van der Waals surface area contributed by atoms with E-state index < -0.39 is 17.5 Å². The predicted molar refractivity (Wildman–Crippen MR) is 56.8 cm³/mol. The van der Waals surface area contributed by atoms with Crippen LogP contribution >= 0.6 is 11.6 Å². The maximum absolute atomic E-state index is 13.4. The van der Waals surface area contributed by atoms with Crippen LogP contribution in [-0.2, 0) is 0 Å². The zero-order valence-electron chi connectivity index (χ0n) is 7.98. The van der Waals surface area contributed by atoms with Crippen molar-refractivity contribution in [2.45, 2.75) is 0 Å². The van der Waals surface area contributed by atoms with Gasteiger partial charge in [0.05, 0.1) is 0 Å². The molecule has 0 fully saturated rings. The van der Waals surface area contributed by atoms with Crippen LogP contribution in [0.15, 0.2) is 36.4 Å². The lowest BCUT2D eigenvalue weighted by Gasteiger charge is -2.05. The molecule has 0 heterocycles. The Morgan fingerprint density at radius 3 is 2.31 bits per heavy atom. The van der Waals surface area contributed by atoms with Gasteiger partial charge in [-0.15, -0.1) is 0 Å². The van der Waals surface area contributed by atoms with Crippen LogP contribution in [0.3, 0.4) is 0 Å². The van der Waals surface area contributed by atoms with Gasteiger partial charge >= 0.3 is 0 Å². The number of halogens is 4. The van der Waals surface area contributed by atoms with E-state index in [4.69, 9.17) is 11.6 Å². The van der Waals surface area contributed by atoms with Crippen molar-refractivity contribution in [2.75, 3.05) is 0 Å². The van der Waals surface area contributed by atoms with E-state index in [2.05, 4.69) is 0 Å². The molecule has 2 aromatic carbocycles. The Labute approximate surface area is 95.3 Å². The number of rotatable bonds is 1. The fraction of sp³-hybridized carbons (Fsp3) is 0. The number of hydrogen-bond donors (Lipinski definition) is 0. The van der Waals surface area contributed by atoms with E-state index >= 15 is 0 Å². The third-order valence-electron chi connectivity index (χ3n) is 2.17. The Morgan fingerprint density at radius 1 is 0.875 bits per heavy atom. The lowest BCUT2D eigenvalue weighted by Crippen LogP contribution is -1.93. The van der Waals surface area contributed by atoms with Crippen molar-refractivity contribution in [2.24, 2.45) is 0 Å². The second kappa shape index (κ2) is 4.18. The highest BCUT2D eigenvalue weighted by Crippen LogP contribution is 2.27. The van der Waals surface area contributed by atoms with Gasteiger partial charge < -0.3 is 0 Å². The lowest BCUT2D eigenvalue weighted by molar-refractivity contribution is 0.449. The minimum absolute atomic E-state index is 0.0126. The topological polar surface area (TPSA) is 0 Å². The van der Waals surface area contributed by atoms with Crippen molar-refractivity contribution in [3.63, 3.8) is 0 Å². The first-order valence-corrected chi connectivity index (χ1v) is 4.87. The minimum atomic E-state index is -1.47. The summed E-state index contributed by atoms with van der Waals surface area (Å²) in [5.74, 6) is -3.89. The molecule has 82 valence electrons. The molecule has 0 saturated heterocycles. The van der Waals surface area contributed by atoms with Crippen molar-refractivity contribution in [3.8, 4) is 11.1 Å². The maximum atomic E-state index is 13.4. The molecular weight excluding hydrogens is 237 g/mol. The van der Waals surface area contributed by atoms with Crippen LogP contribution in [-0.4, -0.2) is 0 Å². The minimum Gasteiger partial charge on any atom is -0.204 e. The SMILES string of the molecule is Fc1ccc(-c2cccc(Cl)c2)c(F)c1F. The van der Waals surface area contributed by atoms with Crippen molar-refractivity contribution < 1.29 is 13.2 Å². The summed E-state index contributed by atoms with van der Waals surface area (Å²) in [6, 6.07) is 8.34. The average Bonchev–Trinajstić information content (AvgIpc) is 2.26. The van der Waals surface area contributed by atoms with E-state index in [1.54, 1.807) is 18.2 Å². The summed E-state index contributed by atoms with van der Waals surface area (Å²) < 4.78 is 39.1. The molecular formula is C12H6ClF3. The molecule has 0 spiro atoms. The van der Waals surface area contributed by atoms with Crippen LogP contribution in [0, 0.1) is 17.5 Å². The number of hydrogen-bond acceptors (Lipinski definition) is 0. The molecule has 0 nitrogen and oxygen atoms in total. The summed E-state index contributed by atoms with van der Waals surface area (Å²) in [6.45, 7) is 0. The molecule has 0 bridgehead atoms. The third kappa shape index (κ3) is 1.91. The smallest absolute Gasteiger partial charge is 0.195 e. The summed E-state index contributed by atoms with van der Waals surface area (Å²) in [4.78, 5) is 0. The van der Waals surface area contributed by atoms with Crippen LogP contribution in [0.25, 0.3) is 11.1 Å². The lowest BCUT2D eigenvalue weighted by atomic mass is 10.0. The van der Waals surface area contributed by atoms with Crippen LogP contribution in [0.4, 0.5) is 13.2 Å². The van der Waals surface area contributed by atoms with Gasteiger partial charge in [0.15, 0.2) is 17.5 Å². The second-order valence-corrected chi connectivity index (χ2v) is 3.67. The van der Waals surface area contributed by atoms with E-state index in [0.717, 1.165) is 6.07 Å². The molecule has 0 aliphatic rings. The standard InChI is InChI=1S/C12H6ClF3/c13-8-3-1-2-7(6-8)9-4-5-10(14)12(16)11(9)15/h1-6H. The Kier molecular flexibility index (Phi) is 2.88. The monoisotopic (exact) mass is 242 g/mol. The predicted octanol–water partition coefficient (Wildman–Crippen LogP) is 4.42. The van der Waals surface area contributed by atoms with Gasteiger partial charge in [0.2, 0.25) is 0 Å². The van der Waals surface area contributed by atoms with Crippen molar-refractivity contribution in [1.82, 2.24) is 0 Å². The van der Waals surface area contributed by atoms with Crippen LogP contribution in [0.1, 0.15) is 0 Å². The van der Waals surface area contributed by atoms with Gasteiger partial charge in [-0.1, -0.05) is 23.7 Å². The van der Waals surface area contributed by atoms with E-state index in [9.17, 15) is 13.2 Å². The second-order valence-electron chi connectivity index (χ2n) is 3.23. The zero-order valence-corrected chi connectivity index (χ0v) is 8.73. The number of benzene rings is 2. The molecule has 0 aliphatic heterocycles. The molecule has 2 rings (SSSR count). The first-order chi connectivity index (χ1) is 7.59. The van der Waals surface area contributed by atoms with Gasteiger partial charge in [0.25, 0.3) is 0 Å². The van der Waals surface area contributed by atoms with E-state index in [0.29, 0.717) is 10.6 Å². The van der Waals surface area contributed by atoms with Gasteiger partial charge in [-0.05, 0) is 29.8 Å². The van der Waals surface area contributed by atoms with Crippen molar-refractivity contribution in [3.05, 3.63) is 58.9 Å². The fourth-order valence-electron chi connectivity index (χ4n) is 1.40. The Hall–Kier alpha value is -1.48. The molecule has 0 N–H and O–H groups in total. The summed E-state index contributed by atoms with van der Waals surface area (Å²) >= 11 is 5.73. The summed E-state index contributed by atoms with van der Waals surface area (Å²) in [7, 11) is 0. The Morgan fingerprint density at radius 2 is 1.62 bits per heavy atom. The average molecular weight is 243 g/mol. The van der Waals surface area contributed by atoms with Gasteiger partial charge in [-0.25, -0.2) is 13.2 Å². The molecule has 0 unspecified atom stereocenters. The van der Waals surface area contributed by atoms with Crippen molar-refractivity contribution >= 4 is 11.6 Å². The maximum Gasteiger partial charge on any atom is 0.195 e. The fourth-order valence-corrected chi connectivity index (χ4v) is 1.60. The molecule has 0 radical (unpaired) electrons. The molecule has 0 aliphatic carbocycles. The summed E-state index contributed by atoms with van der Waals surface area (Å²) in [5, 5.41) is 0.404. The first-order valence-electron chi connectivity index (χ1n) is 4.49. The Balaban J connectivity index is 2.61. The molecule has 4 heteroatoms. The van der Waals surface area contributed by atoms with E-state index in [1.165, 1.54) is 12.1 Å². The highest BCUT2D eigenvalue weighted by molar-refractivity contribution is 6.30. The van der Waals surface area contributed by atoms with Crippen LogP contribution in [0.2, 0.25) is 5.02 Å². The molecule has 16 heavy (non-hydrogen) atoms. The summed E-state index contributed by atoms with van der Waals surface area (Å²) in [5.41, 5.74) is 0.394. The van der Waals surface area contributed by atoms with Crippen molar-refractivity contribution in [1.29, 1.82) is 0 Å². The molecule has 0 amide bonds. The molecule has 0 atom stereocenters. The molecule has 2 aromatic rings. The summed E-state index contributed by atoms with van der Waals surface area (Å²) in [6.07, 6.45) is 0. The quantitative estimate of drug-likeness (QED) is 0.649. The largest absolute Gasteiger partial charge is 0.204 e.